The van der Waals surface area contributed by atoms with E-state index in [-0.39, 0.29) is 6.10 Å². The molecule has 0 bridgehead atoms. The molecule has 1 aromatic rings. The van der Waals surface area contributed by atoms with Crippen LogP contribution >= 0.6 is 0 Å². The van der Waals surface area contributed by atoms with Crippen molar-refractivity contribution in [2.24, 2.45) is 11.8 Å². The Morgan fingerprint density at radius 2 is 2.07 bits per heavy atom. The molecule has 0 aliphatic carbocycles. The first-order valence-corrected chi connectivity index (χ1v) is 5.68. The summed E-state index contributed by atoms with van der Waals surface area (Å²) in [4.78, 5) is 4.09. The number of rotatable bonds is 5. The van der Waals surface area contributed by atoms with E-state index in [4.69, 9.17) is 0 Å². The SMILES string of the molecule is CC(C)C(CCc1cccnc1)C(C)O. The Morgan fingerprint density at radius 1 is 1.33 bits per heavy atom. The van der Waals surface area contributed by atoms with Gasteiger partial charge in [0.05, 0.1) is 6.10 Å². The van der Waals surface area contributed by atoms with Gasteiger partial charge in [0.2, 0.25) is 0 Å². The number of hydrogen-bond acceptors (Lipinski definition) is 2. The lowest BCUT2D eigenvalue weighted by molar-refractivity contribution is 0.0921. The second-order valence-electron chi connectivity index (χ2n) is 4.55. The lowest BCUT2D eigenvalue weighted by Crippen LogP contribution is -2.22. The van der Waals surface area contributed by atoms with Gasteiger partial charge < -0.3 is 5.11 Å². The molecule has 1 N–H and O–H groups in total. The highest BCUT2D eigenvalue weighted by Gasteiger charge is 2.18. The van der Waals surface area contributed by atoms with Crippen molar-refractivity contribution in [3.05, 3.63) is 30.1 Å². The van der Waals surface area contributed by atoms with Gasteiger partial charge in [-0.15, -0.1) is 0 Å². The molecule has 2 unspecified atom stereocenters. The molecule has 0 aromatic carbocycles. The number of aryl methyl sites for hydroxylation is 1. The normalized spacial score (nSPS) is 15.3. The molecule has 2 heteroatoms. The summed E-state index contributed by atoms with van der Waals surface area (Å²) in [7, 11) is 0. The molecule has 0 saturated carbocycles. The molecule has 0 aliphatic rings. The highest BCUT2D eigenvalue weighted by Crippen LogP contribution is 2.21. The minimum Gasteiger partial charge on any atom is -0.393 e. The van der Waals surface area contributed by atoms with E-state index in [0.29, 0.717) is 11.8 Å². The molecule has 2 atom stereocenters. The van der Waals surface area contributed by atoms with Crippen LogP contribution in [0.3, 0.4) is 0 Å². The van der Waals surface area contributed by atoms with Crippen molar-refractivity contribution in [3.63, 3.8) is 0 Å². The van der Waals surface area contributed by atoms with Crippen molar-refractivity contribution < 1.29 is 5.11 Å². The Labute approximate surface area is 92.4 Å². The number of aromatic nitrogens is 1. The summed E-state index contributed by atoms with van der Waals surface area (Å²) in [6.45, 7) is 6.22. The first-order chi connectivity index (χ1) is 7.11. The van der Waals surface area contributed by atoms with Gasteiger partial charge in [0.15, 0.2) is 0 Å². The number of aliphatic hydroxyl groups is 1. The largest absolute Gasteiger partial charge is 0.393 e. The van der Waals surface area contributed by atoms with Crippen LogP contribution in [0.5, 0.6) is 0 Å². The molecule has 0 saturated heterocycles. The van der Waals surface area contributed by atoms with Crippen molar-refractivity contribution in [1.29, 1.82) is 0 Å². The maximum absolute atomic E-state index is 9.64. The van der Waals surface area contributed by atoms with Crippen LogP contribution in [0.25, 0.3) is 0 Å². The molecule has 0 aliphatic heterocycles. The Morgan fingerprint density at radius 3 is 2.53 bits per heavy atom. The minimum atomic E-state index is -0.221. The molecule has 84 valence electrons. The molecule has 15 heavy (non-hydrogen) atoms. The zero-order valence-corrected chi connectivity index (χ0v) is 9.85. The third-order valence-electron chi connectivity index (χ3n) is 2.97. The van der Waals surface area contributed by atoms with Gasteiger partial charge in [0, 0.05) is 12.4 Å². The summed E-state index contributed by atoms with van der Waals surface area (Å²) in [6, 6.07) is 4.05. The molecule has 0 spiro atoms. The summed E-state index contributed by atoms with van der Waals surface area (Å²) < 4.78 is 0. The van der Waals surface area contributed by atoms with E-state index in [1.54, 1.807) is 6.20 Å². The molecule has 1 heterocycles. The Hall–Kier alpha value is -0.890. The van der Waals surface area contributed by atoms with Crippen LogP contribution in [0, 0.1) is 11.8 Å². The summed E-state index contributed by atoms with van der Waals surface area (Å²) >= 11 is 0. The maximum Gasteiger partial charge on any atom is 0.0542 e. The number of pyridine rings is 1. The second kappa shape index (κ2) is 5.86. The zero-order chi connectivity index (χ0) is 11.3. The minimum absolute atomic E-state index is 0.221. The lowest BCUT2D eigenvalue weighted by Gasteiger charge is -2.23. The average Bonchev–Trinajstić information content (AvgIpc) is 2.18. The van der Waals surface area contributed by atoms with Crippen LogP contribution in [0.2, 0.25) is 0 Å². The van der Waals surface area contributed by atoms with Crippen LogP contribution in [-0.4, -0.2) is 16.2 Å². The molecular weight excluding hydrogens is 186 g/mol. The van der Waals surface area contributed by atoms with Gasteiger partial charge in [0.1, 0.15) is 0 Å². The molecule has 1 rings (SSSR count). The Bertz CT molecular complexity index is 261. The van der Waals surface area contributed by atoms with Crippen LogP contribution < -0.4 is 0 Å². The Balaban J connectivity index is 2.47. The van der Waals surface area contributed by atoms with Gasteiger partial charge >= 0.3 is 0 Å². The third kappa shape index (κ3) is 4.00. The number of hydrogen-bond donors (Lipinski definition) is 1. The van der Waals surface area contributed by atoms with Gasteiger partial charge in [-0.2, -0.15) is 0 Å². The van der Waals surface area contributed by atoms with E-state index < -0.39 is 0 Å². The first-order valence-electron chi connectivity index (χ1n) is 5.68. The molecule has 0 fully saturated rings. The summed E-state index contributed by atoms with van der Waals surface area (Å²) in [6.07, 6.45) is 5.50. The van der Waals surface area contributed by atoms with E-state index >= 15 is 0 Å². The number of aliphatic hydroxyl groups excluding tert-OH is 1. The van der Waals surface area contributed by atoms with E-state index in [9.17, 15) is 5.11 Å². The predicted molar refractivity (Wildman–Crippen MR) is 62.6 cm³/mol. The standard InChI is InChI=1S/C13H21NO/c1-10(2)13(11(3)15)7-6-12-5-4-8-14-9-12/h4-5,8-11,13,15H,6-7H2,1-3H3. The Kier molecular flexibility index (Phi) is 4.76. The molecule has 0 amide bonds. The quantitative estimate of drug-likeness (QED) is 0.805. The average molecular weight is 207 g/mol. The zero-order valence-electron chi connectivity index (χ0n) is 9.85. The highest BCUT2D eigenvalue weighted by atomic mass is 16.3. The molecule has 2 nitrogen and oxygen atoms in total. The van der Waals surface area contributed by atoms with Crippen molar-refractivity contribution in [2.75, 3.05) is 0 Å². The fourth-order valence-electron chi connectivity index (χ4n) is 2.01. The second-order valence-corrected chi connectivity index (χ2v) is 4.55. The maximum atomic E-state index is 9.64. The summed E-state index contributed by atoms with van der Waals surface area (Å²) in [5.41, 5.74) is 1.25. The van der Waals surface area contributed by atoms with E-state index in [1.165, 1.54) is 5.56 Å². The van der Waals surface area contributed by atoms with Crippen LogP contribution in [0.15, 0.2) is 24.5 Å². The van der Waals surface area contributed by atoms with Gasteiger partial charge in [-0.25, -0.2) is 0 Å². The summed E-state index contributed by atoms with van der Waals surface area (Å²) in [5.74, 6) is 0.909. The van der Waals surface area contributed by atoms with E-state index in [2.05, 4.69) is 24.9 Å². The topological polar surface area (TPSA) is 33.1 Å². The van der Waals surface area contributed by atoms with Crippen LogP contribution in [0.1, 0.15) is 32.8 Å². The van der Waals surface area contributed by atoms with E-state index in [1.807, 2.05) is 19.2 Å². The fraction of sp³-hybridized carbons (Fsp3) is 0.615. The van der Waals surface area contributed by atoms with Gasteiger partial charge in [-0.05, 0) is 43.2 Å². The smallest absolute Gasteiger partial charge is 0.0542 e. The third-order valence-corrected chi connectivity index (χ3v) is 2.97. The predicted octanol–water partition coefficient (Wildman–Crippen LogP) is 2.67. The summed E-state index contributed by atoms with van der Waals surface area (Å²) in [5, 5.41) is 9.64. The highest BCUT2D eigenvalue weighted by molar-refractivity contribution is 5.08. The van der Waals surface area contributed by atoms with Crippen molar-refractivity contribution in [2.45, 2.75) is 39.7 Å². The van der Waals surface area contributed by atoms with E-state index in [0.717, 1.165) is 12.8 Å². The molecular formula is C13H21NO. The van der Waals surface area contributed by atoms with Gasteiger partial charge in [0.25, 0.3) is 0 Å². The monoisotopic (exact) mass is 207 g/mol. The first kappa shape index (κ1) is 12.2. The van der Waals surface area contributed by atoms with Crippen molar-refractivity contribution >= 4 is 0 Å². The molecule has 0 radical (unpaired) electrons. The lowest BCUT2D eigenvalue weighted by atomic mass is 9.86. The van der Waals surface area contributed by atoms with Gasteiger partial charge in [-0.1, -0.05) is 19.9 Å². The van der Waals surface area contributed by atoms with Gasteiger partial charge in [-0.3, -0.25) is 4.98 Å². The van der Waals surface area contributed by atoms with Crippen molar-refractivity contribution in [3.8, 4) is 0 Å². The van der Waals surface area contributed by atoms with Crippen LogP contribution in [0.4, 0.5) is 0 Å². The fourth-order valence-corrected chi connectivity index (χ4v) is 2.01. The van der Waals surface area contributed by atoms with Crippen LogP contribution in [-0.2, 0) is 6.42 Å². The number of nitrogens with zero attached hydrogens (tertiary/aromatic N) is 1. The molecule has 1 aromatic heterocycles. The van der Waals surface area contributed by atoms with Crippen molar-refractivity contribution in [1.82, 2.24) is 4.98 Å².